The van der Waals surface area contributed by atoms with Crippen molar-refractivity contribution in [3.05, 3.63) is 12.7 Å². The molecule has 0 aliphatic heterocycles. The molecule has 0 aromatic rings. The van der Waals surface area contributed by atoms with Crippen molar-refractivity contribution in [1.82, 2.24) is 10.2 Å². The molecule has 12 heavy (non-hydrogen) atoms. The van der Waals surface area contributed by atoms with E-state index in [9.17, 15) is 0 Å². The van der Waals surface area contributed by atoms with Gasteiger partial charge in [-0.25, -0.2) is 0 Å². The summed E-state index contributed by atoms with van der Waals surface area (Å²) in [6.07, 6.45) is 1.88. The van der Waals surface area contributed by atoms with Crippen molar-refractivity contribution in [3.8, 4) is 0 Å². The third kappa shape index (κ3) is 32.5. The Kier molecular flexibility index (Phi) is 25.6. The fourth-order valence-electron chi connectivity index (χ4n) is 0.508. The largest absolute Gasteiger partial charge is 0.317 e. The standard InChI is InChI=1S/C5H11N.C4H11N.ClH/c1-4-5-6(2)3;1-3-5-4-2;/h4H,1,5H2,2-3H3;5H,3-4H2,1-2H3;1H. The number of likely N-dealkylation sites (N-methyl/N-ethyl adjacent to an activating group) is 1. The zero-order valence-corrected chi connectivity index (χ0v) is 9.58. The highest BCUT2D eigenvalue weighted by molar-refractivity contribution is 5.85. The number of nitrogens with zero attached hydrogens (tertiary/aromatic N) is 1. The van der Waals surface area contributed by atoms with Gasteiger partial charge in [0.2, 0.25) is 0 Å². The lowest BCUT2D eigenvalue weighted by molar-refractivity contribution is 0.457. The van der Waals surface area contributed by atoms with Crippen LogP contribution in [-0.4, -0.2) is 38.6 Å². The maximum atomic E-state index is 3.56. The van der Waals surface area contributed by atoms with Crippen LogP contribution in [0.2, 0.25) is 0 Å². The zero-order chi connectivity index (χ0) is 9.11. The normalized spacial score (nSPS) is 8.08. The Labute approximate surface area is 83.4 Å². The van der Waals surface area contributed by atoms with Crippen LogP contribution in [0.4, 0.5) is 0 Å². The van der Waals surface area contributed by atoms with Crippen LogP contribution in [0, 0.1) is 0 Å². The Balaban J connectivity index is -0.000000126. The van der Waals surface area contributed by atoms with Crippen LogP contribution in [0.15, 0.2) is 12.7 Å². The highest BCUT2D eigenvalue weighted by atomic mass is 35.5. The van der Waals surface area contributed by atoms with Gasteiger partial charge in [-0.3, -0.25) is 0 Å². The third-order valence-corrected chi connectivity index (χ3v) is 0.994. The number of hydrogen-bond donors (Lipinski definition) is 1. The van der Waals surface area contributed by atoms with Crippen LogP contribution < -0.4 is 5.32 Å². The first-order chi connectivity index (χ1) is 5.18. The molecule has 0 unspecified atom stereocenters. The van der Waals surface area contributed by atoms with Crippen LogP contribution in [0.25, 0.3) is 0 Å². The highest BCUT2D eigenvalue weighted by Gasteiger charge is 1.75. The Bertz CT molecular complexity index is 72.9. The zero-order valence-electron chi connectivity index (χ0n) is 8.76. The fraction of sp³-hybridized carbons (Fsp3) is 0.778. The maximum Gasteiger partial charge on any atom is 0.0154 e. The summed E-state index contributed by atoms with van der Waals surface area (Å²) < 4.78 is 0. The Morgan fingerprint density at radius 2 is 1.67 bits per heavy atom. The Hall–Kier alpha value is -0.0500. The van der Waals surface area contributed by atoms with Crippen molar-refractivity contribution in [2.24, 2.45) is 0 Å². The van der Waals surface area contributed by atoms with Crippen molar-refractivity contribution in [1.29, 1.82) is 0 Å². The lowest BCUT2D eigenvalue weighted by Crippen LogP contribution is -2.09. The van der Waals surface area contributed by atoms with E-state index in [-0.39, 0.29) is 12.4 Å². The number of halogens is 1. The predicted octanol–water partition coefficient (Wildman–Crippen LogP) is 1.77. The molecule has 0 saturated carbocycles. The second-order valence-electron chi connectivity index (χ2n) is 2.51. The van der Waals surface area contributed by atoms with Gasteiger partial charge in [-0.1, -0.05) is 19.9 Å². The molecule has 0 atom stereocenters. The van der Waals surface area contributed by atoms with E-state index in [4.69, 9.17) is 0 Å². The van der Waals surface area contributed by atoms with Crippen molar-refractivity contribution < 1.29 is 0 Å². The van der Waals surface area contributed by atoms with E-state index in [0.29, 0.717) is 0 Å². The van der Waals surface area contributed by atoms with Crippen LogP contribution in [0.3, 0.4) is 0 Å². The molecule has 0 aliphatic rings. The van der Waals surface area contributed by atoms with Gasteiger partial charge in [-0.2, -0.15) is 0 Å². The summed E-state index contributed by atoms with van der Waals surface area (Å²) in [6.45, 7) is 10.9. The third-order valence-electron chi connectivity index (χ3n) is 0.994. The summed E-state index contributed by atoms with van der Waals surface area (Å²) in [7, 11) is 4.03. The summed E-state index contributed by atoms with van der Waals surface area (Å²) in [4.78, 5) is 2.06. The van der Waals surface area contributed by atoms with Gasteiger partial charge in [0.1, 0.15) is 0 Å². The summed E-state index contributed by atoms with van der Waals surface area (Å²) >= 11 is 0. The van der Waals surface area contributed by atoms with Gasteiger partial charge < -0.3 is 10.2 Å². The first-order valence-electron chi connectivity index (χ1n) is 4.15. The molecule has 0 radical (unpaired) electrons. The lowest BCUT2D eigenvalue weighted by atomic mass is 10.6. The SMILES string of the molecule is C=CCN(C)C.CCNCC.Cl. The molecular weight excluding hydrogens is 172 g/mol. The van der Waals surface area contributed by atoms with E-state index in [1.807, 2.05) is 20.2 Å². The molecule has 0 aromatic heterocycles. The van der Waals surface area contributed by atoms with Gasteiger partial charge in [0.05, 0.1) is 0 Å². The summed E-state index contributed by atoms with van der Waals surface area (Å²) in [6, 6.07) is 0. The average Bonchev–Trinajstić information content (AvgIpc) is 1.90. The monoisotopic (exact) mass is 194 g/mol. The molecule has 0 amide bonds. The second-order valence-corrected chi connectivity index (χ2v) is 2.51. The van der Waals surface area contributed by atoms with E-state index >= 15 is 0 Å². The van der Waals surface area contributed by atoms with Crippen LogP contribution >= 0.6 is 12.4 Å². The second kappa shape index (κ2) is 17.2. The Morgan fingerprint density at radius 3 is 1.67 bits per heavy atom. The van der Waals surface area contributed by atoms with E-state index in [0.717, 1.165) is 19.6 Å². The summed E-state index contributed by atoms with van der Waals surface area (Å²) in [5, 5.41) is 3.11. The number of nitrogens with one attached hydrogen (secondary N) is 1. The number of hydrogen-bond acceptors (Lipinski definition) is 2. The number of rotatable bonds is 4. The maximum absolute atomic E-state index is 3.56. The van der Waals surface area contributed by atoms with Crippen molar-refractivity contribution in [2.75, 3.05) is 33.7 Å². The van der Waals surface area contributed by atoms with Gasteiger partial charge in [0.25, 0.3) is 0 Å². The predicted molar refractivity (Wildman–Crippen MR) is 60.2 cm³/mol. The van der Waals surface area contributed by atoms with Gasteiger partial charge in [-0.15, -0.1) is 19.0 Å². The lowest BCUT2D eigenvalue weighted by Gasteiger charge is -2.01. The minimum absolute atomic E-state index is 0. The van der Waals surface area contributed by atoms with Crippen molar-refractivity contribution in [3.63, 3.8) is 0 Å². The van der Waals surface area contributed by atoms with Crippen LogP contribution in [-0.2, 0) is 0 Å². The minimum atomic E-state index is 0. The molecule has 0 aliphatic carbocycles. The smallest absolute Gasteiger partial charge is 0.0154 e. The van der Waals surface area contributed by atoms with E-state index < -0.39 is 0 Å². The molecule has 0 spiro atoms. The topological polar surface area (TPSA) is 15.3 Å². The van der Waals surface area contributed by atoms with E-state index in [2.05, 4.69) is 30.6 Å². The highest BCUT2D eigenvalue weighted by Crippen LogP contribution is 1.69. The van der Waals surface area contributed by atoms with Gasteiger partial charge in [-0.05, 0) is 27.2 Å². The van der Waals surface area contributed by atoms with Crippen molar-refractivity contribution in [2.45, 2.75) is 13.8 Å². The molecular formula is C9H23ClN2. The van der Waals surface area contributed by atoms with Crippen molar-refractivity contribution >= 4 is 12.4 Å². The first kappa shape index (κ1) is 17.9. The fourth-order valence-corrected chi connectivity index (χ4v) is 0.508. The average molecular weight is 195 g/mol. The molecule has 0 rings (SSSR count). The molecule has 76 valence electrons. The molecule has 1 N–H and O–H groups in total. The molecule has 3 heteroatoms. The summed E-state index contributed by atoms with van der Waals surface area (Å²) in [5.41, 5.74) is 0. The molecule has 0 aromatic carbocycles. The molecule has 0 bridgehead atoms. The van der Waals surface area contributed by atoms with Gasteiger partial charge >= 0.3 is 0 Å². The Morgan fingerprint density at radius 1 is 1.25 bits per heavy atom. The molecule has 2 nitrogen and oxygen atoms in total. The van der Waals surface area contributed by atoms with E-state index in [1.165, 1.54) is 0 Å². The van der Waals surface area contributed by atoms with Crippen LogP contribution in [0.1, 0.15) is 13.8 Å². The summed E-state index contributed by atoms with van der Waals surface area (Å²) in [5.74, 6) is 0. The van der Waals surface area contributed by atoms with E-state index in [1.54, 1.807) is 0 Å². The molecule has 0 fully saturated rings. The van der Waals surface area contributed by atoms with Crippen LogP contribution in [0.5, 0.6) is 0 Å². The van der Waals surface area contributed by atoms with Gasteiger partial charge in [0.15, 0.2) is 0 Å². The molecule has 0 heterocycles. The minimum Gasteiger partial charge on any atom is -0.317 e. The van der Waals surface area contributed by atoms with Gasteiger partial charge in [0, 0.05) is 6.54 Å². The quantitative estimate of drug-likeness (QED) is 0.687. The molecule has 0 saturated heterocycles. The first-order valence-corrected chi connectivity index (χ1v) is 4.15.